The van der Waals surface area contributed by atoms with Crippen molar-refractivity contribution in [3.63, 3.8) is 0 Å². The second-order valence-corrected chi connectivity index (χ2v) is 8.81. The molecule has 2 N–H and O–H groups in total. The smallest absolute Gasteiger partial charge is 0.335 e. The lowest BCUT2D eigenvalue weighted by Crippen LogP contribution is -1.97. The molecule has 0 aliphatic carbocycles. The van der Waals surface area contributed by atoms with Crippen molar-refractivity contribution >= 4 is 65.8 Å². The van der Waals surface area contributed by atoms with Crippen LogP contribution in [0.25, 0.3) is 53.9 Å². The zero-order valence-electron chi connectivity index (χ0n) is 19.1. The number of carboxylic acid groups (broad SMARTS) is 2. The Morgan fingerprint density at radius 3 is 1.06 bits per heavy atom. The fraction of sp³-hybridized carbons (Fsp3) is 0. The highest BCUT2D eigenvalue weighted by Crippen LogP contribution is 2.39. The van der Waals surface area contributed by atoms with Crippen LogP contribution in [0.15, 0.2) is 109 Å². The predicted octanol–water partition coefficient (Wildman–Crippen LogP) is 7.97. The predicted molar refractivity (Wildman–Crippen MR) is 146 cm³/mol. The molecule has 0 bridgehead atoms. The molecule has 4 nitrogen and oxygen atoms in total. The lowest BCUT2D eigenvalue weighted by molar-refractivity contribution is 0.0686. The van der Waals surface area contributed by atoms with Crippen molar-refractivity contribution in [1.82, 2.24) is 0 Å². The van der Waals surface area contributed by atoms with Crippen LogP contribution in [0.5, 0.6) is 0 Å². The maximum Gasteiger partial charge on any atom is 0.335 e. The molecule has 0 aliphatic rings. The van der Waals surface area contributed by atoms with Crippen molar-refractivity contribution in [3.8, 4) is 0 Å². The molecule has 7 aromatic rings. The molecule has 7 rings (SSSR count). The van der Waals surface area contributed by atoms with E-state index in [-0.39, 0.29) is 11.1 Å². The number of rotatable bonds is 2. The molecule has 0 aromatic heterocycles. The van der Waals surface area contributed by atoms with Gasteiger partial charge in [-0.05, 0) is 78.1 Å². The molecule has 0 saturated carbocycles. The van der Waals surface area contributed by atoms with E-state index in [1.54, 1.807) is 12.1 Å². The van der Waals surface area contributed by atoms with Gasteiger partial charge in [-0.15, -0.1) is 0 Å². The molecule has 0 amide bonds. The van der Waals surface area contributed by atoms with Gasteiger partial charge in [-0.3, -0.25) is 0 Å². The van der Waals surface area contributed by atoms with Gasteiger partial charge in [-0.25, -0.2) is 9.59 Å². The largest absolute Gasteiger partial charge is 0.478 e. The summed E-state index contributed by atoms with van der Waals surface area (Å²) in [6.45, 7) is 0. The second-order valence-electron chi connectivity index (χ2n) is 8.81. The summed E-state index contributed by atoms with van der Waals surface area (Å²) in [5.41, 5.74) is 0.381. The number of carbonyl (C=O) groups is 2. The van der Waals surface area contributed by atoms with E-state index in [2.05, 4.69) is 72.8 Å². The molecule has 0 atom stereocenters. The van der Waals surface area contributed by atoms with Gasteiger partial charge in [0.25, 0.3) is 0 Å². The first kappa shape index (κ1) is 21.6. The highest BCUT2D eigenvalue weighted by atomic mass is 16.4. The van der Waals surface area contributed by atoms with Gasteiger partial charge in [0.05, 0.1) is 11.1 Å². The highest BCUT2D eigenvalue weighted by Gasteiger charge is 2.11. The molecule has 7 aromatic carbocycles. The summed E-state index contributed by atoms with van der Waals surface area (Å²) in [6.07, 6.45) is 0. The van der Waals surface area contributed by atoms with E-state index in [1.165, 1.54) is 67.4 Å². The van der Waals surface area contributed by atoms with Crippen molar-refractivity contribution in [1.29, 1.82) is 0 Å². The van der Waals surface area contributed by atoms with Gasteiger partial charge in [-0.2, -0.15) is 0 Å². The number of fused-ring (bicyclic) bond motifs is 3. The van der Waals surface area contributed by atoms with Gasteiger partial charge in [0.15, 0.2) is 0 Å². The van der Waals surface area contributed by atoms with Gasteiger partial charge >= 0.3 is 11.9 Å². The maximum atomic E-state index is 10.7. The molecule has 0 aliphatic heterocycles. The molecule has 0 spiro atoms. The molecule has 36 heavy (non-hydrogen) atoms. The quantitative estimate of drug-likeness (QED) is 0.199. The molecule has 0 radical (unpaired) electrons. The first-order chi connectivity index (χ1) is 17.5. The first-order valence-electron chi connectivity index (χ1n) is 11.6. The lowest BCUT2D eigenvalue weighted by Gasteiger charge is -2.13. The van der Waals surface area contributed by atoms with Gasteiger partial charge in [0.2, 0.25) is 0 Å². The van der Waals surface area contributed by atoms with Crippen LogP contribution in [-0.4, -0.2) is 22.2 Å². The monoisotopic (exact) mass is 468 g/mol. The zero-order chi connectivity index (χ0) is 24.8. The van der Waals surface area contributed by atoms with Gasteiger partial charge in [0.1, 0.15) is 0 Å². The molecule has 0 heterocycles. The zero-order valence-corrected chi connectivity index (χ0v) is 19.1. The molecular formula is C32H20O4. The third-order valence-electron chi connectivity index (χ3n) is 6.72. The normalized spacial score (nSPS) is 11.2. The van der Waals surface area contributed by atoms with Crippen molar-refractivity contribution in [2.75, 3.05) is 0 Å². The molecule has 172 valence electrons. The van der Waals surface area contributed by atoms with Crippen LogP contribution in [0.1, 0.15) is 20.7 Å². The van der Waals surface area contributed by atoms with Crippen LogP contribution in [-0.2, 0) is 0 Å². The van der Waals surface area contributed by atoms with E-state index in [1.807, 2.05) is 0 Å². The number of benzene rings is 7. The number of carboxylic acids is 2. The van der Waals surface area contributed by atoms with Crippen LogP contribution in [0, 0.1) is 0 Å². The fourth-order valence-corrected chi connectivity index (χ4v) is 5.09. The van der Waals surface area contributed by atoms with E-state index in [4.69, 9.17) is 10.2 Å². The molecule has 0 saturated heterocycles. The topological polar surface area (TPSA) is 74.6 Å². The second kappa shape index (κ2) is 8.36. The Morgan fingerprint density at radius 2 is 0.750 bits per heavy atom. The number of aromatic carboxylic acids is 2. The van der Waals surface area contributed by atoms with Crippen LogP contribution >= 0.6 is 0 Å². The summed E-state index contributed by atoms with van der Waals surface area (Å²) in [5, 5.41) is 29.9. The van der Waals surface area contributed by atoms with E-state index < -0.39 is 11.9 Å². The summed E-state index contributed by atoms with van der Waals surface area (Å²) in [4.78, 5) is 21.5. The average Bonchev–Trinajstić information content (AvgIpc) is 2.91. The minimum Gasteiger partial charge on any atom is -0.478 e. The summed E-state index contributed by atoms with van der Waals surface area (Å²) < 4.78 is 0. The van der Waals surface area contributed by atoms with E-state index in [0.717, 1.165) is 0 Å². The Balaban J connectivity index is 0.000000138. The highest BCUT2D eigenvalue weighted by molar-refractivity contribution is 6.32. The Labute approximate surface area is 206 Å². The fourth-order valence-electron chi connectivity index (χ4n) is 5.09. The van der Waals surface area contributed by atoms with Crippen LogP contribution in [0.4, 0.5) is 0 Å². The Hall–Kier alpha value is -4.96. The van der Waals surface area contributed by atoms with Crippen molar-refractivity contribution < 1.29 is 19.8 Å². The minimum atomic E-state index is -0.996. The van der Waals surface area contributed by atoms with Crippen molar-refractivity contribution in [3.05, 3.63) is 120 Å². The number of hydrogen-bond donors (Lipinski definition) is 2. The van der Waals surface area contributed by atoms with E-state index in [0.29, 0.717) is 10.8 Å². The Morgan fingerprint density at radius 1 is 0.417 bits per heavy atom. The third-order valence-corrected chi connectivity index (χ3v) is 6.72. The summed E-state index contributed by atoms with van der Waals surface area (Å²) in [6, 6.07) is 35.6. The molecule has 0 unspecified atom stereocenters. The average molecular weight is 469 g/mol. The van der Waals surface area contributed by atoms with E-state index in [9.17, 15) is 9.59 Å². The van der Waals surface area contributed by atoms with Crippen LogP contribution in [0.2, 0.25) is 0 Å². The first-order valence-corrected chi connectivity index (χ1v) is 11.6. The molecule has 4 heteroatoms. The molecule has 0 fully saturated rings. The number of hydrogen-bond acceptors (Lipinski definition) is 2. The minimum absolute atomic E-state index is 0.190. The molecular weight excluding hydrogens is 448 g/mol. The van der Waals surface area contributed by atoms with Crippen molar-refractivity contribution in [2.24, 2.45) is 0 Å². The van der Waals surface area contributed by atoms with E-state index >= 15 is 0 Å². The van der Waals surface area contributed by atoms with Crippen molar-refractivity contribution in [2.45, 2.75) is 0 Å². The third kappa shape index (κ3) is 3.48. The maximum absolute atomic E-state index is 10.7. The van der Waals surface area contributed by atoms with Gasteiger partial charge in [0, 0.05) is 0 Å². The van der Waals surface area contributed by atoms with Gasteiger partial charge in [-0.1, -0.05) is 84.9 Å². The summed E-state index contributed by atoms with van der Waals surface area (Å²) in [5.74, 6) is -1.99. The van der Waals surface area contributed by atoms with Crippen LogP contribution in [0.3, 0.4) is 0 Å². The Kier molecular flexibility index (Phi) is 5.01. The van der Waals surface area contributed by atoms with Gasteiger partial charge < -0.3 is 10.2 Å². The Bertz CT molecular complexity index is 1730. The SMILES string of the molecule is O=C(O)c1ccc2cc(C(=O)O)ccc2c1.c1cc2cccc3c4cccc5cccc(c(c1)c23)c54. The lowest BCUT2D eigenvalue weighted by atomic mass is 9.90. The standard InChI is InChI=1S/C20H12.C12H8O4/c1-5-13-6-2-11-17-18-12-4-8-14-7-3-10-16(20(14)18)15(9-1)19(13)17;13-11(14)9-3-1-7-5-10(12(15)16)4-2-8(7)6-9/h1-12H;1-6H,(H,13,14)(H,15,16). The van der Waals surface area contributed by atoms with Crippen LogP contribution < -0.4 is 0 Å². The summed E-state index contributed by atoms with van der Waals surface area (Å²) >= 11 is 0. The summed E-state index contributed by atoms with van der Waals surface area (Å²) in [7, 11) is 0.